The number of nitrogens with two attached hydrogens (primary N) is 1. The summed E-state index contributed by atoms with van der Waals surface area (Å²) in [5.74, 6) is 0.303. The van der Waals surface area contributed by atoms with Gasteiger partial charge in [0.1, 0.15) is 11.6 Å². The van der Waals surface area contributed by atoms with Crippen molar-refractivity contribution in [1.82, 2.24) is 0 Å². The molecule has 1 fully saturated rings. The minimum absolute atomic E-state index is 0. The Kier molecular flexibility index (Phi) is 6.03. The monoisotopic (exact) mass is 297 g/mol. The van der Waals surface area contributed by atoms with Crippen molar-refractivity contribution in [3.63, 3.8) is 0 Å². The van der Waals surface area contributed by atoms with E-state index in [1.54, 1.807) is 13.8 Å². The van der Waals surface area contributed by atoms with Gasteiger partial charge in [-0.05, 0) is 51.0 Å². The van der Waals surface area contributed by atoms with E-state index in [-0.39, 0.29) is 24.5 Å². The van der Waals surface area contributed by atoms with Gasteiger partial charge >= 0.3 is 5.97 Å². The van der Waals surface area contributed by atoms with E-state index in [2.05, 4.69) is 24.3 Å². The smallest absolute Gasteiger partial charge is 0.325 e. The Hall–Kier alpha value is -1.06. The molecule has 1 aromatic rings. The van der Waals surface area contributed by atoms with Crippen molar-refractivity contribution in [1.29, 1.82) is 0 Å². The first-order chi connectivity index (χ1) is 8.97. The predicted molar refractivity (Wildman–Crippen MR) is 83.0 cm³/mol. The molecule has 0 aromatic heterocycles. The first-order valence-electron chi connectivity index (χ1n) is 7.01. The van der Waals surface area contributed by atoms with Gasteiger partial charge < -0.3 is 10.5 Å². The molecule has 3 nitrogen and oxygen atoms in total. The van der Waals surface area contributed by atoms with Gasteiger partial charge in [0.15, 0.2) is 0 Å². The van der Waals surface area contributed by atoms with Gasteiger partial charge in [-0.2, -0.15) is 0 Å². The second-order valence-corrected chi connectivity index (χ2v) is 6.01. The van der Waals surface area contributed by atoms with Crippen LogP contribution in [0, 0.1) is 0 Å². The molecule has 0 amide bonds. The van der Waals surface area contributed by atoms with Crippen molar-refractivity contribution in [2.75, 3.05) is 0 Å². The zero-order chi connectivity index (χ0) is 13.9. The van der Waals surface area contributed by atoms with Gasteiger partial charge in [-0.25, -0.2) is 0 Å². The minimum atomic E-state index is -0.893. The summed E-state index contributed by atoms with van der Waals surface area (Å²) < 4.78 is 5.48. The third kappa shape index (κ3) is 4.50. The van der Waals surface area contributed by atoms with E-state index in [0.717, 1.165) is 25.7 Å². The van der Waals surface area contributed by atoms with Crippen molar-refractivity contribution in [3.8, 4) is 0 Å². The van der Waals surface area contributed by atoms with E-state index in [9.17, 15) is 4.79 Å². The standard InChI is InChI=1S/C16H23NO2.ClH/c1-16(2,17)15(18)19-14-10-8-13(9-11-14)12-6-4-3-5-7-12;/h3-7,13-14H,8-11,17H2,1-2H3;1H. The summed E-state index contributed by atoms with van der Waals surface area (Å²) in [5.41, 5.74) is 6.24. The Balaban J connectivity index is 0.00000200. The molecule has 4 heteroatoms. The van der Waals surface area contributed by atoms with E-state index in [1.165, 1.54) is 5.56 Å². The third-order valence-corrected chi connectivity index (χ3v) is 3.74. The fourth-order valence-electron chi connectivity index (χ4n) is 2.54. The maximum Gasteiger partial charge on any atom is 0.325 e. The maximum atomic E-state index is 11.7. The zero-order valence-electron chi connectivity index (χ0n) is 12.2. The normalized spacial score (nSPS) is 22.8. The summed E-state index contributed by atoms with van der Waals surface area (Å²) in [7, 11) is 0. The van der Waals surface area contributed by atoms with Gasteiger partial charge in [0.05, 0.1) is 0 Å². The number of benzene rings is 1. The third-order valence-electron chi connectivity index (χ3n) is 3.74. The lowest BCUT2D eigenvalue weighted by Crippen LogP contribution is -2.44. The molecule has 1 aliphatic carbocycles. The van der Waals surface area contributed by atoms with Gasteiger partial charge in [-0.3, -0.25) is 4.79 Å². The zero-order valence-corrected chi connectivity index (χ0v) is 13.0. The molecule has 0 heterocycles. The summed E-state index contributed by atoms with van der Waals surface area (Å²) in [5, 5.41) is 0. The lowest BCUT2D eigenvalue weighted by Gasteiger charge is -2.30. The quantitative estimate of drug-likeness (QED) is 0.870. The van der Waals surface area contributed by atoms with Gasteiger partial charge in [0.2, 0.25) is 0 Å². The number of esters is 1. The Morgan fingerprint density at radius 3 is 2.20 bits per heavy atom. The van der Waals surface area contributed by atoms with Crippen LogP contribution in [0.5, 0.6) is 0 Å². The molecule has 2 rings (SSSR count). The van der Waals surface area contributed by atoms with Crippen LogP contribution in [0.4, 0.5) is 0 Å². The molecule has 1 aromatic carbocycles. The summed E-state index contributed by atoms with van der Waals surface area (Å²) in [6.45, 7) is 3.37. The Morgan fingerprint density at radius 1 is 1.15 bits per heavy atom. The van der Waals surface area contributed by atoms with Crippen LogP contribution in [0.15, 0.2) is 30.3 Å². The summed E-state index contributed by atoms with van der Waals surface area (Å²) in [6, 6.07) is 10.6. The maximum absolute atomic E-state index is 11.7. The minimum Gasteiger partial charge on any atom is -0.461 e. The van der Waals surface area contributed by atoms with Crippen LogP contribution in [0.2, 0.25) is 0 Å². The lowest BCUT2D eigenvalue weighted by molar-refractivity contribution is -0.156. The van der Waals surface area contributed by atoms with Crippen LogP contribution in [0.3, 0.4) is 0 Å². The summed E-state index contributed by atoms with van der Waals surface area (Å²) in [4.78, 5) is 11.7. The van der Waals surface area contributed by atoms with Crippen LogP contribution in [0.25, 0.3) is 0 Å². The summed E-state index contributed by atoms with van der Waals surface area (Å²) >= 11 is 0. The summed E-state index contributed by atoms with van der Waals surface area (Å²) in [6.07, 6.45) is 4.05. The highest BCUT2D eigenvalue weighted by atomic mass is 35.5. The van der Waals surface area contributed by atoms with Gasteiger partial charge in [-0.1, -0.05) is 30.3 Å². The molecule has 1 saturated carbocycles. The van der Waals surface area contributed by atoms with Gasteiger partial charge in [-0.15, -0.1) is 12.4 Å². The second-order valence-electron chi connectivity index (χ2n) is 6.01. The van der Waals surface area contributed by atoms with Crippen molar-refractivity contribution in [2.24, 2.45) is 5.73 Å². The Labute approximate surface area is 127 Å². The molecule has 112 valence electrons. The predicted octanol–water partition coefficient (Wildman–Crippen LogP) is 3.42. The Morgan fingerprint density at radius 2 is 1.70 bits per heavy atom. The van der Waals surface area contributed by atoms with E-state index in [1.807, 2.05) is 6.07 Å². The number of ether oxygens (including phenoxy) is 1. The van der Waals surface area contributed by atoms with Crippen LogP contribution < -0.4 is 5.73 Å². The van der Waals surface area contributed by atoms with E-state index >= 15 is 0 Å². The molecule has 0 aliphatic heterocycles. The number of hydrogen-bond donors (Lipinski definition) is 1. The number of halogens is 1. The highest BCUT2D eigenvalue weighted by Gasteiger charge is 2.29. The SMILES string of the molecule is CC(C)(N)C(=O)OC1CCC(c2ccccc2)CC1.Cl. The van der Waals surface area contributed by atoms with Crippen LogP contribution >= 0.6 is 12.4 Å². The molecule has 0 bridgehead atoms. The van der Waals surface area contributed by atoms with E-state index in [0.29, 0.717) is 5.92 Å². The molecule has 1 aliphatic rings. The van der Waals surface area contributed by atoms with Crippen molar-refractivity contribution >= 4 is 18.4 Å². The average molecular weight is 298 g/mol. The number of hydrogen-bond acceptors (Lipinski definition) is 3. The van der Waals surface area contributed by atoms with E-state index in [4.69, 9.17) is 10.5 Å². The number of rotatable bonds is 3. The first kappa shape index (κ1) is 17.0. The second kappa shape index (κ2) is 7.09. The molecule has 0 unspecified atom stereocenters. The molecular weight excluding hydrogens is 274 g/mol. The lowest BCUT2D eigenvalue weighted by atomic mass is 9.83. The van der Waals surface area contributed by atoms with E-state index < -0.39 is 5.54 Å². The topological polar surface area (TPSA) is 52.3 Å². The van der Waals surface area contributed by atoms with Crippen LogP contribution in [-0.2, 0) is 9.53 Å². The molecule has 0 spiro atoms. The molecule has 0 atom stereocenters. The largest absolute Gasteiger partial charge is 0.461 e. The molecule has 20 heavy (non-hydrogen) atoms. The molecule has 0 saturated heterocycles. The fourth-order valence-corrected chi connectivity index (χ4v) is 2.54. The number of carbonyl (C=O) groups excluding carboxylic acids is 1. The van der Waals surface area contributed by atoms with Crippen molar-refractivity contribution < 1.29 is 9.53 Å². The van der Waals surface area contributed by atoms with Crippen LogP contribution in [-0.4, -0.2) is 17.6 Å². The highest BCUT2D eigenvalue weighted by Crippen LogP contribution is 2.34. The first-order valence-corrected chi connectivity index (χ1v) is 7.01. The number of carbonyl (C=O) groups is 1. The fraction of sp³-hybridized carbons (Fsp3) is 0.562. The molecular formula is C16H24ClNO2. The average Bonchev–Trinajstić information content (AvgIpc) is 2.39. The van der Waals surface area contributed by atoms with Crippen molar-refractivity contribution in [3.05, 3.63) is 35.9 Å². The van der Waals surface area contributed by atoms with Gasteiger partial charge in [0.25, 0.3) is 0 Å². The molecule has 2 N–H and O–H groups in total. The Bertz CT molecular complexity index is 420. The van der Waals surface area contributed by atoms with Crippen LogP contribution in [0.1, 0.15) is 51.0 Å². The van der Waals surface area contributed by atoms with Gasteiger partial charge in [0, 0.05) is 0 Å². The highest BCUT2D eigenvalue weighted by molar-refractivity contribution is 5.85. The molecule has 0 radical (unpaired) electrons. The van der Waals surface area contributed by atoms with Crippen molar-refractivity contribution in [2.45, 2.75) is 57.1 Å².